The molecule has 0 spiro atoms. The smallest absolute Gasteiger partial charge is 0.407 e. The van der Waals surface area contributed by atoms with Crippen molar-refractivity contribution >= 4 is 12.6 Å². The predicted molar refractivity (Wildman–Crippen MR) is 48.3 cm³/mol. The summed E-state index contributed by atoms with van der Waals surface area (Å²) in [4.78, 5) is 0.0715. The highest BCUT2D eigenvalue weighted by molar-refractivity contribution is 7.80. The van der Waals surface area contributed by atoms with E-state index in [9.17, 15) is 18.3 Å². The Morgan fingerprint density at radius 3 is 2.43 bits per heavy atom. The molecule has 1 atom stereocenters. The molecule has 1 aromatic rings. The van der Waals surface area contributed by atoms with Gasteiger partial charge >= 0.3 is 6.18 Å². The summed E-state index contributed by atoms with van der Waals surface area (Å²) in [5.41, 5.74) is 4.55. The molecule has 0 radical (unpaired) electrons. The number of rotatable bonds is 1. The lowest BCUT2D eigenvalue weighted by Crippen LogP contribution is -2.28. The molecule has 0 saturated heterocycles. The van der Waals surface area contributed by atoms with Crippen molar-refractivity contribution < 1.29 is 18.3 Å². The fourth-order valence-corrected chi connectivity index (χ4v) is 1.19. The Kier molecular flexibility index (Phi) is 2.96. The number of aromatic hydroxyl groups is 1. The maximum Gasteiger partial charge on any atom is 0.407 e. The summed E-state index contributed by atoms with van der Waals surface area (Å²) in [6, 6.07) is 1.66. The molecule has 6 heteroatoms. The van der Waals surface area contributed by atoms with Crippen molar-refractivity contribution in [2.24, 2.45) is 5.73 Å². The molecular formula is C8H8F3NOS. The summed E-state index contributed by atoms with van der Waals surface area (Å²) in [5.74, 6) is -0.527. The van der Waals surface area contributed by atoms with Crippen molar-refractivity contribution in [3.63, 3.8) is 0 Å². The van der Waals surface area contributed by atoms with Crippen LogP contribution in [0.1, 0.15) is 11.6 Å². The number of para-hydroxylation sites is 1. The van der Waals surface area contributed by atoms with Gasteiger partial charge < -0.3 is 10.8 Å². The molecule has 0 fully saturated rings. The monoisotopic (exact) mass is 223 g/mol. The van der Waals surface area contributed by atoms with Crippen molar-refractivity contribution in [2.45, 2.75) is 17.1 Å². The Balaban J connectivity index is 3.14. The highest BCUT2D eigenvalue weighted by Gasteiger charge is 2.39. The van der Waals surface area contributed by atoms with Crippen LogP contribution in [0.4, 0.5) is 13.2 Å². The van der Waals surface area contributed by atoms with Crippen molar-refractivity contribution in [3.05, 3.63) is 23.8 Å². The number of nitrogens with two attached hydrogens (primary N) is 1. The van der Waals surface area contributed by atoms with Gasteiger partial charge in [-0.25, -0.2) is 0 Å². The highest BCUT2D eigenvalue weighted by atomic mass is 32.1. The van der Waals surface area contributed by atoms with Gasteiger partial charge in [-0.05, 0) is 6.07 Å². The molecule has 3 N–H and O–H groups in total. The second-order valence-corrected chi connectivity index (χ2v) is 3.22. The molecule has 0 aliphatic carbocycles. The second-order valence-electron chi connectivity index (χ2n) is 2.73. The molecule has 0 aromatic heterocycles. The van der Waals surface area contributed by atoms with E-state index in [4.69, 9.17) is 5.73 Å². The van der Waals surface area contributed by atoms with E-state index in [1.807, 2.05) is 0 Å². The molecule has 0 aliphatic rings. The summed E-state index contributed by atoms with van der Waals surface area (Å²) in [6.07, 6.45) is -4.57. The number of alkyl halides is 3. The summed E-state index contributed by atoms with van der Waals surface area (Å²) in [6.45, 7) is 0. The van der Waals surface area contributed by atoms with Crippen LogP contribution in [0, 0.1) is 0 Å². The predicted octanol–water partition coefficient (Wildman–Crippen LogP) is 2.24. The second kappa shape index (κ2) is 3.70. The maximum atomic E-state index is 12.2. The molecule has 14 heavy (non-hydrogen) atoms. The van der Waals surface area contributed by atoms with E-state index in [-0.39, 0.29) is 10.5 Å². The quantitative estimate of drug-likeness (QED) is 0.639. The van der Waals surface area contributed by atoms with Gasteiger partial charge in [0.15, 0.2) is 0 Å². The Bertz CT molecular complexity index is 340. The zero-order valence-electron chi connectivity index (χ0n) is 6.92. The highest BCUT2D eigenvalue weighted by Crippen LogP contribution is 2.37. The lowest BCUT2D eigenvalue weighted by atomic mass is 10.1. The topological polar surface area (TPSA) is 46.2 Å². The average Bonchev–Trinajstić information content (AvgIpc) is 2.07. The largest absolute Gasteiger partial charge is 0.506 e. The first-order chi connectivity index (χ1) is 6.34. The fourth-order valence-electron chi connectivity index (χ4n) is 0.976. The average molecular weight is 223 g/mol. The van der Waals surface area contributed by atoms with Crippen molar-refractivity contribution in [3.8, 4) is 5.75 Å². The van der Waals surface area contributed by atoms with E-state index in [1.165, 1.54) is 12.1 Å². The summed E-state index contributed by atoms with van der Waals surface area (Å²) >= 11 is 3.78. The molecule has 1 rings (SSSR count). The van der Waals surface area contributed by atoms with Crippen LogP contribution in [0.3, 0.4) is 0 Å². The van der Waals surface area contributed by atoms with Crippen molar-refractivity contribution in [1.82, 2.24) is 0 Å². The molecule has 0 amide bonds. The molecule has 1 aromatic carbocycles. The minimum atomic E-state index is -4.57. The van der Waals surface area contributed by atoms with Gasteiger partial charge in [-0.2, -0.15) is 13.2 Å². The van der Waals surface area contributed by atoms with E-state index in [0.29, 0.717) is 0 Å². The van der Waals surface area contributed by atoms with E-state index < -0.39 is 18.0 Å². The van der Waals surface area contributed by atoms with Gasteiger partial charge in [-0.3, -0.25) is 0 Å². The van der Waals surface area contributed by atoms with Crippen LogP contribution in [0.25, 0.3) is 0 Å². The van der Waals surface area contributed by atoms with Crippen LogP contribution in [-0.2, 0) is 0 Å². The maximum absolute atomic E-state index is 12.2. The van der Waals surface area contributed by atoms with Crippen LogP contribution in [0.5, 0.6) is 5.75 Å². The zero-order valence-corrected chi connectivity index (χ0v) is 7.81. The number of halogens is 3. The SMILES string of the molecule is N[C@H](c1cccc(S)c1O)C(F)(F)F. The van der Waals surface area contributed by atoms with Crippen LogP contribution >= 0.6 is 12.6 Å². The van der Waals surface area contributed by atoms with Gasteiger partial charge in [0.2, 0.25) is 0 Å². The minimum absolute atomic E-state index is 0.0715. The third-order valence-electron chi connectivity index (χ3n) is 1.73. The number of phenolic OH excluding ortho intramolecular Hbond substituents is 1. The van der Waals surface area contributed by atoms with E-state index in [0.717, 1.165) is 6.07 Å². The molecular weight excluding hydrogens is 215 g/mol. The van der Waals surface area contributed by atoms with Crippen LogP contribution in [0.2, 0.25) is 0 Å². The van der Waals surface area contributed by atoms with E-state index in [1.54, 1.807) is 0 Å². The standard InChI is InChI=1S/C8H8F3NOS/c9-8(10,11)7(12)4-2-1-3-5(14)6(4)13/h1-3,7,13-14H,12H2/t7-/m1/s1. The third-order valence-corrected chi connectivity index (χ3v) is 2.09. The van der Waals surface area contributed by atoms with Gasteiger partial charge in [-0.15, -0.1) is 12.6 Å². The Hall–Kier alpha value is -0.880. The van der Waals surface area contributed by atoms with Crippen LogP contribution in [0.15, 0.2) is 23.1 Å². The summed E-state index contributed by atoms with van der Waals surface area (Å²) in [7, 11) is 0. The Morgan fingerprint density at radius 1 is 1.36 bits per heavy atom. The lowest BCUT2D eigenvalue weighted by Gasteiger charge is -2.17. The molecule has 0 aliphatic heterocycles. The van der Waals surface area contributed by atoms with Gasteiger partial charge in [0.1, 0.15) is 11.8 Å². The van der Waals surface area contributed by atoms with Crippen LogP contribution < -0.4 is 5.73 Å². The molecule has 78 valence electrons. The first-order valence-corrected chi connectivity index (χ1v) is 4.12. The van der Waals surface area contributed by atoms with Gasteiger partial charge in [0, 0.05) is 10.5 Å². The van der Waals surface area contributed by atoms with Crippen molar-refractivity contribution in [2.75, 3.05) is 0 Å². The molecule has 0 unspecified atom stereocenters. The van der Waals surface area contributed by atoms with E-state index in [2.05, 4.69) is 12.6 Å². The van der Waals surface area contributed by atoms with Gasteiger partial charge in [0.25, 0.3) is 0 Å². The third kappa shape index (κ3) is 2.13. The fraction of sp³-hybridized carbons (Fsp3) is 0.250. The Morgan fingerprint density at radius 2 is 1.93 bits per heavy atom. The number of hydrogen-bond acceptors (Lipinski definition) is 3. The van der Waals surface area contributed by atoms with Crippen molar-refractivity contribution in [1.29, 1.82) is 0 Å². The first-order valence-electron chi connectivity index (χ1n) is 3.67. The normalized spacial score (nSPS) is 14.1. The van der Waals surface area contributed by atoms with E-state index >= 15 is 0 Å². The number of thiol groups is 1. The first kappa shape index (κ1) is 11.2. The molecule has 0 saturated carbocycles. The molecule has 0 heterocycles. The van der Waals surface area contributed by atoms with Crippen LogP contribution in [-0.4, -0.2) is 11.3 Å². The molecule has 2 nitrogen and oxygen atoms in total. The summed E-state index contributed by atoms with van der Waals surface area (Å²) < 4.78 is 36.6. The summed E-state index contributed by atoms with van der Waals surface area (Å²) in [5, 5.41) is 9.27. The van der Waals surface area contributed by atoms with Gasteiger partial charge in [-0.1, -0.05) is 12.1 Å². The number of hydrogen-bond donors (Lipinski definition) is 3. The lowest BCUT2D eigenvalue weighted by molar-refractivity contribution is -0.149. The van der Waals surface area contributed by atoms with Gasteiger partial charge in [0.05, 0.1) is 0 Å². The molecule has 0 bridgehead atoms. The number of phenols is 1. The Labute approximate surface area is 83.9 Å². The minimum Gasteiger partial charge on any atom is -0.506 e. The zero-order chi connectivity index (χ0) is 10.9. The number of benzene rings is 1.